The number of aliphatic imine (C=N–C) groups is 1. The Morgan fingerprint density at radius 3 is 2.24 bits per heavy atom. The van der Waals surface area contributed by atoms with Gasteiger partial charge in [0.25, 0.3) is 5.91 Å². The summed E-state index contributed by atoms with van der Waals surface area (Å²) < 4.78 is 31.2. The number of ether oxygens (including phenoxy) is 1. The molecule has 5 amide bonds. The molecule has 0 spiro atoms. The van der Waals surface area contributed by atoms with Gasteiger partial charge in [-0.2, -0.15) is 0 Å². The Hall–Kier alpha value is -3.07. The third kappa shape index (κ3) is 9.19. The van der Waals surface area contributed by atoms with E-state index >= 15 is 0 Å². The second kappa shape index (κ2) is 15.0. The zero-order valence-electron chi connectivity index (χ0n) is 28.9. The Balaban J connectivity index is 1.41. The molecule has 2 heterocycles. The van der Waals surface area contributed by atoms with Gasteiger partial charge in [-0.25, -0.2) is 13.2 Å². The second-order valence-corrected chi connectivity index (χ2v) is 17.8. The lowest BCUT2D eigenvalue weighted by atomic mass is 9.82. The van der Waals surface area contributed by atoms with Crippen LogP contribution in [0.3, 0.4) is 0 Å². The van der Waals surface area contributed by atoms with Gasteiger partial charge in [0.2, 0.25) is 17.6 Å². The molecule has 1 unspecified atom stereocenters. The predicted molar refractivity (Wildman–Crippen MR) is 182 cm³/mol. The fourth-order valence-corrected chi connectivity index (χ4v) is 10.3. The van der Waals surface area contributed by atoms with Gasteiger partial charge in [0.1, 0.15) is 21.9 Å². The number of hydrogen-bond acceptors (Lipinski definition) is 9. The van der Waals surface area contributed by atoms with Gasteiger partial charge in [-0.1, -0.05) is 51.4 Å². The van der Waals surface area contributed by atoms with E-state index in [4.69, 9.17) is 10.5 Å². The van der Waals surface area contributed by atoms with Gasteiger partial charge in [0, 0.05) is 18.7 Å². The van der Waals surface area contributed by atoms with Crippen LogP contribution in [0, 0.1) is 17.8 Å². The van der Waals surface area contributed by atoms with Crippen LogP contribution in [0.25, 0.3) is 0 Å². The lowest BCUT2D eigenvalue weighted by Crippen LogP contribution is -2.62. The van der Waals surface area contributed by atoms with E-state index in [-0.39, 0.29) is 24.1 Å². The Kier molecular flexibility index (Phi) is 11.4. The molecule has 274 valence electrons. The van der Waals surface area contributed by atoms with Crippen molar-refractivity contribution in [3.8, 4) is 0 Å². The van der Waals surface area contributed by atoms with E-state index < -0.39 is 80.7 Å². The average molecular weight is 707 g/mol. The van der Waals surface area contributed by atoms with E-state index in [0.29, 0.717) is 45.1 Å². The maximum absolute atomic E-state index is 14.7. The number of urea groups is 1. The topological polar surface area (TPSA) is 206 Å². The van der Waals surface area contributed by atoms with Crippen LogP contribution in [0.1, 0.15) is 96.8 Å². The van der Waals surface area contributed by atoms with Crippen LogP contribution in [0.4, 0.5) is 4.79 Å². The Morgan fingerprint density at radius 1 is 1.00 bits per heavy atom. The van der Waals surface area contributed by atoms with Crippen LogP contribution >= 0.6 is 0 Å². The molecule has 0 aromatic carbocycles. The highest BCUT2D eigenvalue weighted by Crippen LogP contribution is 2.44. The number of amides is 5. The van der Waals surface area contributed by atoms with Crippen molar-refractivity contribution in [2.75, 3.05) is 25.1 Å². The SMILES string of the molecule is C=NC[C@]1(C)C[C@H]2[C@H](CN(C(=O)[C@@H](NC(=O)NC3(CS(C)(=O)=O)CCCCC3)C3CCCCC3)[C@@H]2C(=O)NC(CC2CC2)C(=O)C(N)=O)O1. The summed E-state index contributed by atoms with van der Waals surface area (Å²) in [6, 6.07) is -3.70. The van der Waals surface area contributed by atoms with Crippen LogP contribution in [0.5, 0.6) is 0 Å². The molecule has 14 nitrogen and oxygen atoms in total. The minimum Gasteiger partial charge on any atom is -0.368 e. The van der Waals surface area contributed by atoms with Crippen LogP contribution in [0.2, 0.25) is 0 Å². The van der Waals surface area contributed by atoms with E-state index in [1.807, 2.05) is 6.92 Å². The number of nitrogens with one attached hydrogen (secondary N) is 3. The number of rotatable bonds is 14. The van der Waals surface area contributed by atoms with E-state index in [2.05, 4.69) is 27.7 Å². The van der Waals surface area contributed by atoms with Crippen LogP contribution in [-0.4, -0.2) is 110 Å². The standard InChI is InChI=1S/C34H54N6O8S/c1-33(19-36-2)17-23-25(48-33)18-40(27(23)30(43)37-24(16-21-12-13-21)28(41)29(35)42)31(44)26(22-10-6-4-7-11-22)38-32(45)39-34(20-49(3,46)47)14-8-5-9-15-34/h21-27H,2,4-20H2,1,3H3,(H2,35,42)(H,37,43)(H2,38,39,45)/t23-,24?,25-,26-,27-,33-/m0/s1. The number of ketones is 1. The molecule has 0 aromatic heterocycles. The van der Waals surface area contributed by atoms with E-state index in [1.54, 1.807) is 0 Å². The number of hydrogen-bond donors (Lipinski definition) is 4. The first-order valence-electron chi connectivity index (χ1n) is 17.9. The highest BCUT2D eigenvalue weighted by molar-refractivity contribution is 7.90. The summed E-state index contributed by atoms with van der Waals surface area (Å²) >= 11 is 0. The van der Waals surface area contributed by atoms with E-state index in [0.717, 1.165) is 57.6 Å². The molecular weight excluding hydrogens is 652 g/mol. The molecule has 5 aliphatic rings. The number of likely N-dealkylation sites (tertiary alicyclic amines) is 1. The second-order valence-electron chi connectivity index (χ2n) is 15.6. The van der Waals surface area contributed by atoms with Gasteiger partial charge >= 0.3 is 6.03 Å². The van der Waals surface area contributed by atoms with Gasteiger partial charge in [0.05, 0.1) is 35.6 Å². The highest BCUT2D eigenvalue weighted by Gasteiger charge is 2.57. The molecule has 5 rings (SSSR count). The zero-order chi connectivity index (χ0) is 35.6. The molecule has 5 N–H and O–H groups in total. The van der Waals surface area contributed by atoms with Gasteiger partial charge < -0.3 is 31.3 Å². The number of carbonyl (C=O) groups excluding carboxylic acids is 5. The maximum Gasteiger partial charge on any atom is 0.315 e. The summed E-state index contributed by atoms with van der Waals surface area (Å²) in [7, 11) is -3.41. The van der Waals surface area contributed by atoms with Gasteiger partial charge in [-0.3, -0.25) is 24.2 Å². The molecule has 0 radical (unpaired) electrons. The highest BCUT2D eigenvalue weighted by atomic mass is 32.2. The quantitative estimate of drug-likeness (QED) is 0.153. The van der Waals surface area contributed by atoms with Crippen molar-refractivity contribution in [3.63, 3.8) is 0 Å². The molecule has 2 aliphatic heterocycles. The van der Waals surface area contributed by atoms with Crippen molar-refractivity contribution in [2.45, 2.75) is 132 Å². The molecular formula is C34H54N6O8S. The Labute approximate surface area is 289 Å². The third-order valence-electron chi connectivity index (χ3n) is 11.2. The first kappa shape index (κ1) is 37.2. The minimum atomic E-state index is -3.41. The molecule has 0 bridgehead atoms. The Bertz CT molecular complexity index is 1410. The maximum atomic E-state index is 14.7. The normalized spacial score (nSPS) is 29.7. The number of fused-ring (bicyclic) bond motifs is 1. The van der Waals surface area contributed by atoms with Crippen molar-refractivity contribution in [2.24, 2.45) is 28.5 Å². The first-order valence-corrected chi connectivity index (χ1v) is 20.0. The summed E-state index contributed by atoms with van der Waals surface area (Å²) in [6.07, 6.45) is 10.9. The van der Waals surface area contributed by atoms with Gasteiger partial charge in [0.15, 0.2) is 0 Å². The van der Waals surface area contributed by atoms with Crippen LogP contribution < -0.4 is 21.7 Å². The summed E-state index contributed by atoms with van der Waals surface area (Å²) in [4.78, 5) is 72.9. The summed E-state index contributed by atoms with van der Waals surface area (Å²) in [5, 5.41) is 8.70. The fourth-order valence-electron chi connectivity index (χ4n) is 8.89. The smallest absolute Gasteiger partial charge is 0.315 e. The number of nitrogens with zero attached hydrogens (tertiary/aromatic N) is 2. The predicted octanol–water partition coefficient (Wildman–Crippen LogP) is 1.40. The Morgan fingerprint density at radius 2 is 1.65 bits per heavy atom. The van der Waals surface area contributed by atoms with Crippen LogP contribution in [0.15, 0.2) is 4.99 Å². The molecule has 0 aromatic rings. The average Bonchev–Trinajstić information content (AvgIpc) is 3.70. The summed E-state index contributed by atoms with van der Waals surface area (Å²) in [5.41, 5.74) is 3.73. The van der Waals surface area contributed by atoms with Crippen molar-refractivity contribution in [1.82, 2.24) is 20.9 Å². The third-order valence-corrected chi connectivity index (χ3v) is 12.3. The summed E-state index contributed by atoms with van der Waals surface area (Å²) in [5.74, 6) is -3.60. The molecule has 49 heavy (non-hydrogen) atoms. The molecule has 2 saturated heterocycles. The zero-order valence-corrected chi connectivity index (χ0v) is 29.7. The van der Waals surface area contributed by atoms with Crippen molar-refractivity contribution >= 4 is 46.1 Å². The largest absolute Gasteiger partial charge is 0.368 e. The van der Waals surface area contributed by atoms with Gasteiger partial charge in [-0.05, 0) is 64.0 Å². The molecule has 3 saturated carbocycles. The van der Waals surface area contributed by atoms with E-state index in [1.165, 1.54) is 4.90 Å². The molecule has 3 aliphatic carbocycles. The summed E-state index contributed by atoms with van der Waals surface area (Å²) in [6.45, 7) is 5.89. The number of carbonyl (C=O) groups is 5. The van der Waals surface area contributed by atoms with Gasteiger partial charge in [-0.15, -0.1) is 0 Å². The monoisotopic (exact) mass is 706 g/mol. The minimum absolute atomic E-state index is 0.0932. The number of Topliss-reactive ketones (excluding diaryl/α,β-unsaturated/α-hetero) is 1. The number of primary amides is 1. The van der Waals surface area contributed by atoms with Crippen molar-refractivity contribution in [3.05, 3.63) is 0 Å². The van der Waals surface area contributed by atoms with E-state index in [9.17, 15) is 32.4 Å². The molecule has 6 atom stereocenters. The van der Waals surface area contributed by atoms with Crippen LogP contribution in [-0.2, 0) is 33.8 Å². The lowest BCUT2D eigenvalue weighted by Gasteiger charge is -2.39. The number of nitrogens with two attached hydrogens (primary N) is 1. The number of sulfone groups is 1. The fraction of sp³-hybridized carbons (Fsp3) is 0.824. The van der Waals surface area contributed by atoms with Crippen molar-refractivity contribution < 1.29 is 37.1 Å². The molecule has 15 heteroatoms. The first-order chi connectivity index (χ1) is 23.1. The lowest BCUT2D eigenvalue weighted by molar-refractivity contribution is -0.144. The van der Waals surface area contributed by atoms with Crippen molar-refractivity contribution in [1.29, 1.82) is 0 Å². The molecule has 5 fully saturated rings.